The van der Waals surface area contributed by atoms with Crippen molar-refractivity contribution in [1.82, 2.24) is 15.5 Å². The highest BCUT2D eigenvalue weighted by Gasteiger charge is 2.56. The molecular weight excluding hydrogens is 451 g/mol. The maximum Gasteiger partial charge on any atom is 0.191 e. The van der Waals surface area contributed by atoms with Gasteiger partial charge >= 0.3 is 0 Å². The van der Waals surface area contributed by atoms with Gasteiger partial charge in [-0.25, -0.2) is 0 Å². The first-order valence-electron chi connectivity index (χ1n) is 11.0. The van der Waals surface area contributed by atoms with Crippen molar-refractivity contribution in [3.8, 4) is 0 Å². The van der Waals surface area contributed by atoms with E-state index in [9.17, 15) is 0 Å². The van der Waals surface area contributed by atoms with E-state index in [1.165, 1.54) is 64.6 Å². The Balaban J connectivity index is 0.00000261. The minimum atomic E-state index is 0. The molecule has 0 aromatic carbocycles. The van der Waals surface area contributed by atoms with Gasteiger partial charge in [0, 0.05) is 31.7 Å². The number of likely N-dealkylation sites (tertiary alicyclic amines) is 1. The summed E-state index contributed by atoms with van der Waals surface area (Å²) in [6.07, 6.45) is 10.9. The van der Waals surface area contributed by atoms with Gasteiger partial charge in [0.2, 0.25) is 0 Å². The van der Waals surface area contributed by atoms with E-state index < -0.39 is 0 Å². The number of hydrogen-bond acceptors (Lipinski definition) is 3. The lowest BCUT2D eigenvalue weighted by Gasteiger charge is -2.54. The molecule has 1 saturated heterocycles. The second kappa shape index (κ2) is 11.2. The van der Waals surface area contributed by atoms with Gasteiger partial charge in [-0.2, -0.15) is 0 Å². The van der Waals surface area contributed by atoms with Crippen molar-refractivity contribution in [3.63, 3.8) is 0 Å². The van der Waals surface area contributed by atoms with E-state index >= 15 is 0 Å². The van der Waals surface area contributed by atoms with Gasteiger partial charge in [-0.3, -0.25) is 4.99 Å². The third-order valence-corrected chi connectivity index (χ3v) is 7.22. The first-order valence-corrected chi connectivity index (χ1v) is 11.0. The van der Waals surface area contributed by atoms with Gasteiger partial charge < -0.3 is 20.3 Å². The van der Waals surface area contributed by atoms with E-state index in [1.54, 1.807) is 0 Å². The van der Waals surface area contributed by atoms with Crippen LogP contribution in [0.1, 0.15) is 65.2 Å². The molecule has 2 saturated carbocycles. The molecule has 3 aliphatic rings. The molecule has 1 heterocycles. The van der Waals surface area contributed by atoms with Gasteiger partial charge in [0.05, 0.1) is 6.10 Å². The average Bonchev–Trinajstić information content (AvgIpc) is 3.19. The average molecular weight is 492 g/mol. The highest BCUT2D eigenvalue weighted by atomic mass is 127. The summed E-state index contributed by atoms with van der Waals surface area (Å²) in [5.41, 5.74) is 0.362. The summed E-state index contributed by atoms with van der Waals surface area (Å²) in [5, 5.41) is 7.31. The van der Waals surface area contributed by atoms with Crippen LogP contribution >= 0.6 is 24.0 Å². The molecule has 5 nitrogen and oxygen atoms in total. The lowest BCUT2D eigenvalue weighted by atomic mass is 9.60. The zero-order chi connectivity index (χ0) is 18.4. The number of guanidine groups is 1. The Hall–Kier alpha value is -0.0800. The van der Waals surface area contributed by atoms with E-state index in [0.29, 0.717) is 17.6 Å². The molecule has 1 aliphatic heterocycles. The maximum absolute atomic E-state index is 6.04. The van der Waals surface area contributed by atoms with Gasteiger partial charge in [-0.15, -0.1) is 24.0 Å². The van der Waals surface area contributed by atoms with Crippen LogP contribution in [-0.4, -0.2) is 62.8 Å². The van der Waals surface area contributed by atoms with Crippen molar-refractivity contribution in [2.75, 3.05) is 39.8 Å². The van der Waals surface area contributed by atoms with Crippen LogP contribution in [0, 0.1) is 11.3 Å². The van der Waals surface area contributed by atoms with Crippen molar-refractivity contribution >= 4 is 29.9 Å². The van der Waals surface area contributed by atoms with E-state index in [2.05, 4.69) is 34.4 Å². The highest BCUT2D eigenvalue weighted by molar-refractivity contribution is 14.0. The summed E-state index contributed by atoms with van der Waals surface area (Å²) >= 11 is 0. The zero-order valence-electron chi connectivity index (χ0n) is 17.6. The van der Waals surface area contributed by atoms with E-state index in [0.717, 1.165) is 31.4 Å². The molecule has 2 atom stereocenters. The summed E-state index contributed by atoms with van der Waals surface area (Å²) < 4.78 is 6.04. The number of nitrogens with one attached hydrogen (secondary N) is 2. The van der Waals surface area contributed by atoms with Gasteiger partial charge in [0.15, 0.2) is 5.96 Å². The minimum absolute atomic E-state index is 0. The molecule has 2 N–H and O–H groups in total. The quantitative estimate of drug-likeness (QED) is 0.324. The highest BCUT2D eigenvalue weighted by Crippen LogP contribution is 2.54. The molecule has 0 aromatic rings. The van der Waals surface area contributed by atoms with Crippen molar-refractivity contribution in [2.24, 2.45) is 16.3 Å². The molecule has 158 valence electrons. The Kier molecular flexibility index (Phi) is 9.62. The van der Waals surface area contributed by atoms with Crippen molar-refractivity contribution in [1.29, 1.82) is 0 Å². The standard InChI is InChI=1S/C21H40N4O.HI/c1-4-25-14-9-17(10-15-25)8-13-23-20(22-3)24-18-16-19(26-5-2)21(18)11-6-7-12-21;/h17-19H,4-16H2,1-3H3,(H2,22,23,24);1H. The van der Waals surface area contributed by atoms with E-state index in [4.69, 9.17) is 4.74 Å². The van der Waals surface area contributed by atoms with Crippen LogP contribution in [-0.2, 0) is 4.74 Å². The number of halogens is 1. The Morgan fingerprint density at radius 1 is 1.19 bits per heavy atom. The second-order valence-electron chi connectivity index (χ2n) is 8.48. The Morgan fingerprint density at radius 3 is 2.48 bits per heavy atom. The molecule has 0 radical (unpaired) electrons. The molecule has 0 amide bonds. The lowest BCUT2D eigenvalue weighted by molar-refractivity contribution is -0.125. The van der Waals surface area contributed by atoms with Gasteiger partial charge in [-0.1, -0.05) is 19.8 Å². The number of hydrogen-bond donors (Lipinski definition) is 2. The van der Waals surface area contributed by atoms with Crippen LogP contribution in [0.2, 0.25) is 0 Å². The van der Waals surface area contributed by atoms with Gasteiger partial charge in [0.1, 0.15) is 0 Å². The molecule has 27 heavy (non-hydrogen) atoms. The Bertz CT molecular complexity index is 459. The second-order valence-corrected chi connectivity index (χ2v) is 8.48. The summed E-state index contributed by atoms with van der Waals surface area (Å²) in [6, 6.07) is 0.528. The number of rotatable bonds is 7. The topological polar surface area (TPSA) is 48.9 Å². The minimum Gasteiger partial charge on any atom is -0.378 e. The fourth-order valence-electron chi connectivity index (χ4n) is 5.43. The summed E-state index contributed by atoms with van der Waals surface area (Å²) in [5.74, 6) is 1.86. The maximum atomic E-state index is 6.04. The normalized spacial score (nSPS) is 28.6. The summed E-state index contributed by atoms with van der Waals surface area (Å²) in [7, 11) is 1.90. The number of aliphatic imine (C=N–C) groups is 1. The van der Waals surface area contributed by atoms with Gasteiger partial charge in [-0.05, 0) is 71.0 Å². The Labute approximate surface area is 183 Å². The third kappa shape index (κ3) is 5.50. The van der Waals surface area contributed by atoms with Crippen LogP contribution in [0.5, 0.6) is 0 Å². The van der Waals surface area contributed by atoms with Crippen LogP contribution < -0.4 is 10.6 Å². The number of piperidine rings is 1. The summed E-state index contributed by atoms with van der Waals surface area (Å²) in [4.78, 5) is 7.06. The molecule has 0 aromatic heterocycles. The Morgan fingerprint density at radius 2 is 1.89 bits per heavy atom. The fraction of sp³-hybridized carbons (Fsp3) is 0.952. The van der Waals surface area contributed by atoms with Crippen LogP contribution in [0.15, 0.2) is 4.99 Å². The number of nitrogens with zero attached hydrogens (tertiary/aromatic N) is 2. The van der Waals surface area contributed by atoms with Crippen molar-refractivity contribution in [3.05, 3.63) is 0 Å². The lowest BCUT2D eigenvalue weighted by Crippen LogP contribution is -2.65. The van der Waals surface area contributed by atoms with Crippen molar-refractivity contribution < 1.29 is 4.74 Å². The van der Waals surface area contributed by atoms with Crippen molar-refractivity contribution in [2.45, 2.75) is 77.4 Å². The molecule has 1 spiro atoms. The molecule has 6 heteroatoms. The molecule has 0 bridgehead atoms. The number of ether oxygens (including phenoxy) is 1. The summed E-state index contributed by atoms with van der Waals surface area (Å²) in [6.45, 7) is 10.0. The third-order valence-electron chi connectivity index (χ3n) is 7.22. The SMILES string of the molecule is CCOC1CC(NC(=NC)NCCC2CCN(CC)CC2)C12CCCC2.I. The van der Waals surface area contributed by atoms with E-state index in [1.807, 2.05) is 7.05 Å². The van der Waals surface area contributed by atoms with Crippen LogP contribution in [0.4, 0.5) is 0 Å². The molecule has 3 rings (SSSR count). The van der Waals surface area contributed by atoms with E-state index in [-0.39, 0.29) is 24.0 Å². The van der Waals surface area contributed by atoms with Gasteiger partial charge in [0.25, 0.3) is 0 Å². The smallest absolute Gasteiger partial charge is 0.191 e. The largest absolute Gasteiger partial charge is 0.378 e. The zero-order valence-corrected chi connectivity index (χ0v) is 20.0. The van der Waals surface area contributed by atoms with Crippen LogP contribution in [0.25, 0.3) is 0 Å². The van der Waals surface area contributed by atoms with Crippen LogP contribution in [0.3, 0.4) is 0 Å². The first kappa shape index (κ1) is 23.2. The fourth-order valence-corrected chi connectivity index (χ4v) is 5.43. The molecule has 3 fully saturated rings. The predicted molar refractivity (Wildman–Crippen MR) is 124 cm³/mol. The molecular formula is C21H41IN4O. The first-order chi connectivity index (χ1) is 12.7. The molecule has 2 unspecified atom stereocenters. The predicted octanol–water partition coefficient (Wildman–Crippen LogP) is 3.63. The molecule has 2 aliphatic carbocycles. The monoisotopic (exact) mass is 492 g/mol.